The lowest BCUT2D eigenvalue weighted by molar-refractivity contribution is -0.196. The zero-order valence-electron chi connectivity index (χ0n) is 10.2. The highest BCUT2D eigenvalue weighted by Crippen LogP contribution is 2.24. The molecule has 16 heavy (non-hydrogen) atoms. The first-order valence-electron chi connectivity index (χ1n) is 6.05. The quantitative estimate of drug-likeness (QED) is 0.727. The average Bonchev–Trinajstić information content (AvgIpc) is 2.26. The average molecular weight is 222 g/mol. The largest absolute Gasteiger partial charge is 0.365 e. The van der Waals surface area contributed by atoms with E-state index in [0.717, 1.165) is 24.8 Å². The summed E-state index contributed by atoms with van der Waals surface area (Å²) in [6.07, 6.45) is 3.29. The van der Waals surface area contributed by atoms with Crippen molar-refractivity contribution in [1.82, 2.24) is 0 Å². The number of hydrogen-bond acceptors (Lipinski definition) is 2. The van der Waals surface area contributed by atoms with Crippen LogP contribution in [0.15, 0.2) is 30.3 Å². The first-order valence-corrected chi connectivity index (χ1v) is 6.05. The molecule has 0 amide bonds. The fourth-order valence-electron chi connectivity index (χ4n) is 1.81. The van der Waals surface area contributed by atoms with Gasteiger partial charge in [0.25, 0.3) is 0 Å². The third-order valence-electron chi connectivity index (χ3n) is 3.09. The summed E-state index contributed by atoms with van der Waals surface area (Å²) in [5, 5.41) is 20.0. The van der Waals surface area contributed by atoms with Crippen molar-refractivity contribution in [3.63, 3.8) is 0 Å². The Kier molecular flexibility index (Phi) is 4.97. The van der Waals surface area contributed by atoms with Gasteiger partial charge in [0.1, 0.15) is 0 Å². The van der Waals surface area contributed by atoms with Crippen LogP contribution in [0.1, 0.15) is 38.7 Å². The summed E-state index contributed by atoms with van der Waals surface area (Å²) < 4.78 is 0. The zero-order valence-corrected chi connectivity index (χ0v) is 10.2. The van der Waals surface area contributed by atoms with Crippen LogP contribution in [-0.2, 0) is 6.42 Å². The van der Waals surface area contributed by atoms with Crippen LogP contribution in [0.2, 0.25) is 0 Å². The van der Waals surface area contributed by atoms with Gasteiger partial charge in [0.2, 0.25) is 0 Å². The summed E-state index contributed by atoms with van der Waals surface area (Å²) in [6, 6.07) is 9.62. The third-order valence-corrected chi connectivity index (χ3v) is 3.09. The van der Waals surface area contributed by atoms with E-state index >= 15 is 0 Å². The van der Waals surface area contributed by atoms with Crippen molar-refractivity contribution < 1.29 is 10.2 Å². The molecule has 0 saturated heterocycles. The predicted molar refractivity (Wildman–Crippen MR) is 66.0 cm³/mol. The van der Waals surface area contributed by atoms with Gasteiger partial charge in [-0.15, -0.1) is 0 Å². The monoisotopic (exact) mass is 222 g/mol. The molecule has 1 aromatic carbocycles. The van der Waals surface area contributed by atoms with Crippen LogP contribution in [0, 0.1) is 5.92 Å². The molecule has 0 bridgehead atoms. The smallest absolute Gasteiger partial charge is 0.169 e. The molecule has 0 fully saturated rings. The number of hydrogen-bond donors (Lipinski definition) is 2. The molecule has 0 saturated carbocycles. The fourth-order valence-corrected chi connectivity index (χ4v) is 1.81. The Morgan fingerprint density at radius 2 is 1.81 bits per heavy atom. The van der Waals surface area contributed by atoms with E-state index in [1.54, 1.807) is 0 Å². The molecule has 0 aliphatic carbocycles. The molecule has 1 unspecified atom stereocenters. The van der Waals surface area contributed by atoms with Crippen LogP contribution in [0.4, 0.5) is 0 Å². The van der Waals surface area contributed by atoms with E-state index in [4.69, 9.17) is 0 Å². The van der Waals surface area contributed by atoms with Gasteiger partial charge in [-0.1, -0.05) is 57.0 Å². The molecule has 0 aromatic heterocycles. The summed E-state index contributed by atoms with van der Waals surface area (Å²) in [5.74, 6) is -1.68. The van der Waals surface area contributed by atoms with E-state index in [1.165, 1.54) is 0 Å². The van der Waals surface area contributed by atoms with E-state index in [-0.39, 0.29) is 5.92 Å². The second-order valence-corrected chi connectivity index (χ2v) is 4.58. The Hall–Kier alpha value is -0.860. The predicted octanol–water partition coefficient (Wildman–Crippen LogP) is 2.74. The van der Waals surface area contributed by atoms with Crippen LogP contribution in [0.3, 0.4) is 0 Å². The van der Waals surface area contributed by atoms with Gasteiger partial charge in [-0.3, -0.25) is 0 Å². The first kappa shape index (κ1) is 13.2. The van der Waals surface area contributed by atoms with Crippen molar-refractivity contribution >= 4 is 0 Å². The summed E-state index contributed by atoms with van der Waals surface area (Å²) in [5.41, 5.74) is 0.968. The van der Waals surface area contributed by atoms with Crippen molar-refractivity contribution in [2.45, 2.75) is 45.3 Å². The van der Waals surface area contributed by atoms with E-state index in [2.05, 4.69) is 6.92 Å². The molecule has 0 aliphatic rings. The minimum atomic E-state index is -1.59. The highest BCUT2D eigenvalue weighted by molar-refractivity contribution is 5.16. The lowest BCUT2D eigenvalue weighted by Gasteiger charge is -2.28. The van der Waals surface area contributed by atoms with Gasteiger partial charge in [0.15, 0.2) is 5.79 Å². The molecule has 2 N–H and O–H groups in total. The number of rotatable bonds is 6. The maximum atomic E-state index is 10.0. The minimum Gasteiger partial charge on any atom is -0.365 e. The maximum absolute atomic E-state index is 10.0. The fraction of sp³-hybridized carbons (Fsp3) is 0.571. The molecule has 0 spiro atoms. The number of aliphatic hydroxyl groups is 2. The van der Waals surface area contributed by atoms with Crippen LogP contribution < -0.4 is 0 Å². The summed E-state index contributed by atoms with van der Waals surface area (Å²) in [4.78, 5) is 0. The Bertz CT molecular complexity index is 293. The molecule has 1 aromatic rings. The normalized spacial score (nSPS) is 13.8. The molecule has 0 aliphatic heterocycles. The molecular formula is C14H22O2. The van der Waals surface area contributed by atoms with Crippen LogP contribution in [-0.4, -0.2) is 16.0 Å². The van der Waals surface area contributed by atoms with E-state index in [9.17, 15) is 10.2 Å². The minimum absolute atomic E-state index is 0.0901. The van der Waals surface area contributed by atoms with Crippen molar-refractivity contribution in [2.75, 3.05) is 0 Å². The molecule has 2 heteroatoms. The maximum Gasteiger partial charge on any atom is 0.169 e. The van der Waals surface area contributed by atoms with Crippen molar-refractivity contribution in [1.29, 1.82) is 0 Å². The highest BCUT2D eigenvalue weighted by atomic mass is 16.5. The van der Waals surface area contributed by atoms with Gasteiger partial charge in [-0.2, -0.15) is 0 Å². The standard InChI is InChI=1S/C14H22O2/c1-3-4-8-12(2)14(15,16)11-13-9-6-5-7-10-13/h5-7,9-10,12,15-16H,3-4,8,11H2,1-2H3. The van der Waals surface area contributed by atoms with Gasteiger partial charge >= 0.3 is 0 Å². The van der Waals surface area contributed by atoms with Gasteiger partial charge in [-0.25, -0.2) is 0 Å². The van der Waals surface area contributed by atoms with Crippen molar-refractivity contribution in [3.8, 4) is 0 Å². The van der Waals surface area contributed by atoms with Crippen LogP contribution in [0.5, 0.6) is 0 Å². The first-order chi connectivity index (χ1) is 7.56. The SMILES string of the molecule is CCCCC(C)C(O)(O)Cc1ccccc1. The third kappa shape index (κ3) is 3.95. The second kappa shape index (κ2) is 6.02. The molecule has 1 rings (SSSR count). The Labute approximate surface area is 97.9 Å². The van der Waals surface area contributed by atoms with E-state index in [1.807, 2.05) is 37.3 Å². The van der Waals surface area contributed by atoms with Gasteiger partial charge in [0.05, 0.1) is 0 Å². The van der Waals surface area contributed by atoms with Crippen LogP contribution >= 0.6 is 0 Å². The van der Waals surface area contributed by atoms with Gasteiger partial charge in [-0.05, 0) is 12.0 Å². The summed E-state index contributed by atoms with van der Waals surface area (Å²) >= 11 is 0. The van der Waals surface area contributed by atoms with E-state index in [0.29, 0.717) is 6.42 Å². The summed E-state index contributed by atoms with van der Waals surface area (Å²) in [6.45, 7) is 4.01. The van der Waals surface area contributed by atoms with Crippen molar-refractivity contribution in [2.24, 2.45) is 5.92 Å². The van der Waals surface area contributed by atoms with Crippen molar-refractivity contribution in [3.05, 3.63) is 35.9 Å². The Morgan fingerprint density at radius 1 is 1.19 bits per heavy atom. The molecular weight excluding hydrogens is 200 g/mol. The zero-order chi connectivity index (χ0) is 12.0. The second-order valence-electron chi connectivity index (χ2n) is 4.58. The van der Waals surface area contributed by atoms with E-state index < -0.39 is 5.79 Å². The lowest BCUT2D eigenvalue weighted by Crippen LogP contribution is -2.38. The highest BCUT2D eigenvalue weighted by Gasteiger charge is 2.30. The summed E-state index contributed by atoms with van der Waals surface area (Å²) in [7, 11) is 0. The Morgan fingerprint density at radius 3 is 2.38 bits per heavy atom. The van der Waals surface area contributed by atoms with Gasteiger partial charge < -0.3 is 10.2 Å². The van der Waals surface area contributed by atoms with Gasteiger partial charge in [0, 0.05) is 12.3 Å². The molecule has 90 valence electrons. The molecule has 2 nitrogen and oxygen atoms in total. The number of benzene rings is 1. The molecule has 0 radical (unpaired) electrons. The molecule has 0 heterocycles. The topological polar surface area (TPSA) is 40.5 Å². The number of unbranched alkanes of at least 4 members (excludes halogenated alkanes) is 1. The lowest BCUT2D eigenvalue weighted by atomic mass is 9.90. The van der Waals surface area contributed by atoms with Crippen LogP contribution in [0.25, 0.3) is 0 Å². The Balaban J connectivity index is 2.56. The molecule has 1 atom stereocenters.